The van der Waals surface area contributed by atoms with E-state index in [1.165, 1.54) is 18.0 Å². The van der Waals surface area contributed by atoms with E-state index in [0.29, 0.717) is 44.1 Å². The normalized spacial score (nSPS) is 15.1. The summed E-state index contributed by atoms with van der Waals surface area (Å²) in [6.45, 7) is -1.01. The molecule has 2 atom stereocenters. The van der Waals surface area contributed by atoms with E-state index in [1.807, 2.05) is 0 Å². The van der Waals surface area contributed by atoms with Crippen LogP contribution in [0.1, 0.15) is 46.5 Å². The number of alkyl halides is 5. The van der Waals surface area contributed by atoms with Crippen molar-refractivity contribution in [1.82, 2.24) is 39.8 Å². The molecule has 0 saturated carbocycles. The molecule has 0 fully saturated rings. The van der Waals surface area contributed by atoms with Gasteiger partial charge in [0.1, 0.15) is 47.3 Å². The van der Waals surface area contributed by atoms with Crippen LogP contribution in [-0.2, 0) is 65.7 Å². The molecule has 3 N–H and O–H groups in total. The molecule has 0 spiro atoms. The van der Waals surface area contributed by atoms with Gasteiger partial charge in [0.25, 0.3) is 5.92 Å². The third-order valence-corrected chi connectivity index (χ3v) is 9.77. The number of ether oxygens (including phenoxy) is 1. The summed E-state index contributed by atoms with van der Waals surface area (Å²) in [6, 6.07) is 6.19. The number of rotatable bonds is 11. The molecule has 0 bridgehead atoms. The largest absolute Gasteiger partial charge is 0.435 e. The second-order valence-electron chi connectivity index (χ2n) is 12.9. The Hall–Kier alpha value is -5.08. The highest BCUT2D eigenvalue weighted by atomic mass is 35.5. The van der Waals surface area contributed by atoms with Crippen LogP contribution in [0.3, 0.4) is 0 Å². The highest BCUT2D eigenvalue weighted by Crippen LogP contribution is 2.46. The van der Waals surface area contributed by atoms with Gasteiger partial charge in [0, 0.05) is 49.6 Å². The third-order valence-electron chi connectivity index (χ3n) is 8.98. The van der Waals surface area contributed by atoms with Crippen molar-refractivity contribution in [3.05, 3.63) is 87.1 Å². The second kappa shape index (κ2) is 14.2. The van der Waals surface area contributed by atoms with Gasteiger partial charge in [0.2, 0.25) is 5.91 Å². The first kappa shape index (κ1) is 38.2. The maximum absolute atomic E-state index is 14.9. The molecule has 0 saturated heterocycles. The van der Waals surface area contributed by atoms with Gasteiger partial charge >= 0.3 is 6.18 Å². The van der Waals surface area contributed by atoms with E-state index >= 15 is 0 Å². The minimum Gasteiger partial charge on any atom is -0.377 e. The van der Waals surface area contributed by atoms with Gasteiger partial charge in [-0.15, -0.1) is 0 Å². The van der Waals surface area contributed by atoms with Crippen molar-refractivity contribution in [2.24, 2.45) is 7.05 Å². The number of H-pyrrole nitrogens is 1. The predicted octanol–water partition coefficient (Wildman–Crippen LogP) is 6.65. The van der Waals surface area contributed by atoms with Crippen molar-refractivity contribution in [1.29, 1.82) is 0 Å². The fourth-order valence-electron chi connectivity index (χ4n) is 6.94. The number of imidazole rings is 1. The maximum Gasteiger partial charge on any atom is 0.435 e. The summed E-state index contributed by atoms with van der Waals surface area (Å²) >= 11 is 6.63. The van der Waals surface area contributed by atoms with Crippen LogP contribution >= 0.6 is 11.6 Å². The Kier molecular flexibility index (Phi) is 9.87. The molecule has 0 aliphatic heterocycles. The number of methoxy groups -OCH3 is 1. The number of hydrogen-bond donors (Lipinski definition) is 3. The number of nitrogens with zero attached hydrogens (tertiary/aromatic N) is 6. The van der Waals surface area contributed by atoms with E-state index in [1.54, 1.807) is 25.2 Å². The van der Waals surface area contributed by atoms with Crippen molar-refractivity contribution in [3.63, 3.8) is 0 Å². The first-order valence-corrected chi connectivity index (χ1v) is 18.3. The number of carbonyl (C=O) groups is 1. The molecule has 2 unspecified atom stereocenters. The molecule has 6 aromatic rings. The number of fused-ring (bicyclic) bond motifs is 3. The number of amides is 1. The van der Waals surface area contributed by atoms with Crippen molar-refractivity contribution in [3.8, 4) is 11.1 Å². The van der Waals surface area contributed by atoms with Gasteiger partial charge in [-0.1, -0.05) is 17.7 Å². The fraction of sp³-hybridized carbons (Fsp3) is 0.324. The summed E-state index contributed by atoms with van der Waals surface area (Å²) in [5.41, 5.74) is -1.44. The van der Waals surface area contributed by atoms with Gasteiger partial charge in [-0.2, -0.15) is 32.1 Å². The molecule has 7 rings (SSSR count). The monoisotopic (exact) mass is 811 g/mol. The maximum atomic E-state index is 14.9. The SMILES string of the molecule is COCc1nc2nc(C(Cc3cc(F)cc(F)c3)NC(=O)Cn3nc(C(F)(F)F)c4c3C(F)(F)CC4)c(-c3ccc(Cl)c4c(NS(C)=O)nn(C)c34)cc2[nH]1. The Bertz CT molecular complexity index is 2500. The van der Waals surface area contributed by atoms with E-state index in [9.17, 15) is 39.7 Å². The molecule has 4 aromatic heterocycles. The molecular formula is C34H29ClF7N9O3S. The molecule has 55 heavy (non-hydrogen) atoms. The summed E-state index contributed by atoms with van der Waals surface area (Å²) in [4.78, 5) is 26.2. The van der Waals surface area contributed by atoms with Crippen LogP contribution in [0.25, 0.3) is 33.2 Å². The number of aromatic nitrogens is 7. The van der Waals surface area contributed by atoms with Crippen molar-refractivity contribution >= 4 is 56.4 Å². The molecule has 0 radical (unpaired) electrons. The van der Waals surface area contributed by atoms with Gasteiger partial charge in [0.15, 0.2) is 17.2 Å². The summed E-state index contributed by atoms with van der Waals surface area (Å²) in [6.07, 6.45) is -5.49. The number of aryl methyl sites for hydroxylation is 1. The zero-order chi connectivity index (χ0) is 39.6. The lowest BCUT2D eigenvalue weighted by Crippen LogP contribution is -2.35. The Morgan fingerprint density at radius 2 is 1.84 bits per heavy atom. The number of nitrogens with one attached hydrogen (secondary N) is 3. The quantitative estimate of drug-likeness (QED) is 0.124. The molecule has 1 aliphatic rings. The van der Waals surface area contributed by atoms with Crippen LogP contribution in [0.15, 0.2) is 36.4 Å². The summed E-state index contributed by atoms with van der Waals surface area (Å²) < 4.78 is 122. The average Bonchev–Trinajstić information content (AvgIpc) is 3.82. The third kappa shape index (κ3) is 7.37. The Morgan fingerprint density at radius 3 is 2.51 bits per heavy atom. The van der Waals surface area contributed by atoms with Crippen LogP contribution in [0.2, 0.25) is 5.02 Å². The van der Waals surface area contributed by atoms with Crippen LogP contribution in [0.5, 0.6) is 0 Å². The lowest BCUT2D eigenvalue weighted by molar-refractivity contribution is -0.142. The highest BCUT2D eigenvalue weighted by molar-refractivity contribution is 7.85. The van der Waals surface area contributed by atoms with Gasteiger partial charge in [-0.25, -0.2) is 23.0 Å². The number of carbonyl (C=O) groups excluding carboxylic acids is 1. The highest BCUT2D eigenvalue weighted by Gasteiger charge is 2.50. The number of benzene rings is 2. The number of hydrogen-bond acceptors (Lipinski definition) is 7. The van der Waals surface area contributed by atoms with Crippen molar-refractivity contribution in [2.45, 2.75) is 50.6 Å². The zero-order valence-electron chi connectivity index (χ0n) is 28.9. The molecule has 1 aliphatic carbocycles. The smallest absolute Gasteiger partial charge is 0.377 e. The average molecular weight is 812 g/mol. The van der Waals surface area contributed by atoms with Crippen LogP contribution in [0.4, 0.5) is 36.6 Å². The van der Waals surface area contributed by atoms with Crippen molar-refractivity contribution in [2.75, 3.05) is 18.1 Å². The number of halogens is 8. The summed E-state index contributed by atoms with van der Waals surface area (Å²) in [5, 5.41) is 11.1. The zero-order valence-corrected chi connectivity index (χ0v) is 30.5. The van der Waals surface area contributed by atoms with Crippen LogP contribution < -0.4 is 10.0 Å². The molecule has 1 amide bonds. The molecule has 12 nitrogen and oxygen atoms in total. The van der Waals surface area contributed by atoms with Gasteiger partial charge in [0.05, 0.1) is 33.2 Å². The van der Waals surface area contributed by atoms with Gasteiger partial charge < -0.3 is 15.0 Å². The number of pyridine rings is 1. The van der Waals surface area contributed by atoms with Crippen LogP contribution in [0, 0.1) is 11.6 Å². The van der Waals surface area contributed by atoms with Gasteiger partial charge in [-0.05, 0) is 42.7 Å². The van der Waals surface area contributed by atoms with Crippen molar-refractivity contribution < 1.29 is 44.5 Å². The Morgan fingerprint density at radius 1 is 1.11 bits per heavy atom. The first-order chi connectivity index (χ1) is 25.9. The Balaban J connectivity index is 1.41. The van der Waals surface area contributed by atoms with E-state index in [-0.39, 0.29) is 40.8 Å². The van der Waals surface area contributed by atoms with Crippen LogP contribution in [-0.4, -0.2) is 58.0 Å². The van der Waals surface area contributed by atoms with E-state index in [4.69, 9.17) is 21.3 Å². The summed E-state index contributed by atoms with van der Waals surface area (Å²) in [5.74, 6) is -6.06. The molecule has 2 aromatic carbocycles. The van der Waals surface area contributed by atoms with E-state index < -0.39 is 83.0 Å². The molecule has 4 heterocycles. The number of anilines is 1. The minimum atomic E-state index is -5.06. The number of aromatic amines is 1. The van der Waals surface area contributed by atoms with E-state index in [2.05, 4.69) is 30.2 Å². The molecule has 290 valence electrons. The standard InChI is InChI=1S/C34H29ClF7N9O3S/c1-50-28-18(4-5-21(35)26(28)32(48-50)49-55(3)53)20-12-23-31(45-24(43-23)14-54-2)46-27(20)22(10-15-8-16(36)11-17(37)9-15)44-25(52)13-51-30-19(6-7-33(30,38)39)29(47-51)34(40,41)42/h4-5,8-9,11-12,22H,6-7,10,13-14H2,1-3H3,(H,44,52)(H,48,49)(H,43,45,46). The minimum absolute atomic E-state index is 0.0438. The van der Waals surface area contributed by atoms with E-state index in [0.717, 1.165) is 12.1 Å². The molecule has 21 heteroatoms. The second-order valence-corrected chi connectivity index (χ2v) is 14.4. The lowest BCUT2D eigenvalue weighted by atomic mass is 9.94. The predicted molar refractivity (Wildman–Crippen MR) is 187 cm³/mol. The molecular weight excluding hydrogens is 783 g/mol. The topological polar surface area (TPSA) is 145 Å². The lowest BCUT2D eigenvalue weighted by Gasteiger charge is -2.23. The van der Waals surface area contributed by atoms with Gasteiger partial charge in [-0.3, -0.25) is 18.9 Å². The summed E-state index contributed by atoms with van der Waals surface area (Å²) in [7, 11) is 1.50. The first-order valence-electron chi connectivity index (χ1n) is 16.4. The Labute approximate surface area is 314 Å². The fourth-order valence-corrected chi connectivity index (χ4v) is 7.60.